The molecule has 0 amide bonds. The Labute approximate surface area is 116 Å². The summed E-state index contributed by atoms with van der Waals surface area (Å²) in [5.74, 6) is 1.82. The summed E-state index contributed by atoms with van der Waals surface area (Å²) in [4.78, 5) is 0. The van der Waals surface area contributed by atoms with Crippen molar-refractivity contribution in [1.29, 1.82) is 0 Å². The number of nitrogen functional groups attached to an aromatic ring is 1. The van der Waals surface area contributed by atoms with E-state index in [0.717, 1.165) is 31.7 Å². The van der Waals surface area contributed by atoms with Crippen LogP contribution in [-0.2, 0) is 11.3 Å². The van der Waals surface area contributed by atoms with Crippen molar-refractivity contribution in [2.45, 2.75) is 13.0 Å². The number of tetrazole rings is 1. The molecule has 2 aromatic rings. The number of rotatable bonds is 4. The Bertz CT molecular complexity index is 592. The highest BCUT2D eigenvalue weighted by molar-refractivity contribution is 5.68. The van der Waals surface area contributed by atoms with Gasteiger partial charge < -0.3 is 15.2 Å². The van der Waals surface area contributed by atoms with Crippen molar-refractivity contribution < 1.29 is 9.47 Å². The molecule has 0 bridgehead atoms. The predicted octanol–water partition coefficient (Wildman–Crippen LogP) is 0.967. The normalized spacial score (nSPS) is 18.4. The van der Waals surface area contributed by atoms with E-state index < -0.39 is 0 Å². The van der Waals surface area contributed by atoms with Gasteiger partial charge in [0.05, 0.1) is 25.8 Å². The fraction of sp³-hybridized carbons (Fsp3) is 0.462. The third kappa shape index (κ3) is 2.44. The zero-order chi connectivity index (χ0) is 13.9. The van der Waals surface area contributed by atoms with Crippen LogP contribution in [0.1, 0.15) is 6.42 Å². The number of hydrogen-bond donors (Lipinski definition) is 1. The van der Waals surface area contributed by atoms with E-state index in [1.165, 1.54) is 0 Å². The number of aromatic nitrogens is 4. The second-order valence-corrected chi connectivity index (χ2v) is 4.87. The molecule has 1 saturated heterocycles. The van der Waals surface area contributed by atoms with Crippen LogP contribution in [0, 0.1) is 5.92 Å². The van der Waals surface area contributed by atoms with Gasteiger partial charge in [-0.1, -0.05) is 0 Å². The third-order valence-electron chi connectivity index (χ3n) is 3.45. The van der Waals surface area contributed by atoms with Crippen LogP contribution in [0.25, 0.3) is 11.4 Å². The molecule has 3 rings (SSSR count). The summed E-state index contributed by atoms with van der Waals surface area (Å²) < 4.78 is 12.5. The smallest absolute Gasteiger partial charge is 0.185 e. The fourth-order valence-corrected chi connectivity index (χ4v) is 2.39. The maximum absolute atomic E-state index is 5.85. The van der Waals surface area contributed by atoms with Gasteiger partial charge in [-0.15, -0.1) is 5.10 Å². The quantitative estimate of drug-likeness (QED) is 0.836. The van der Waals surface area contributed by atoms with Crippen LogP contribution >= 0.6 is 0 Å². The molecule has 106 valence electrons. The van der Waals surface area contributed by atoms with Gasteiger partial charge in [0.15, 0.2) is 5.82 Å². The van der Waals surface area contributed by atoms with Crippen LogP contribution in [0.2, 0.25) is 0 Å². The largest absolute Gasteiger partial charge is 0.496 e. The van der Waals surface area contributed by atoms with Crippen LogP contribution in [-0.4, -0.2) is 40.5 Å². The monoisotopic (exact) mass is 275 g/mol. The summed E-state index contributed by atoms with van der Waals surface area (Å²) >= 11 is 0. The molecule has 1 unspecified atom stereocenters. The van der Waals surface area contributed by atoms with Crippen molar-refractivity contribution in [2.75, 3.05) is 26.1 Å². The van der Waals surface area contributed by atoms with Crippen molar-refractivity contribution in [2.24, 2.45) is 5.92 Å². The van der Waals surface area contributed by atoms with Crippen LogP contribution in [0.15, 0.2) is 18.2 Å². The number of methoxy groups -OCH3 is 1. The van der Waals surface area contributed by atoms with Gasteiger partial charge in [0.1, 0.15) is 5.75 Å². The zero-order valence-electron chi connectivity index (χ0n) is 11.3. The van der Waals surface area contributed by atoms with E-state index in [2.05, 4.69) is 15.5 Å². The van der Waals surface area contributed by atoms with Gasteiger partial charge in [-0.2, -0.15) is 0 Å². The standard InChI is InChI=1S/C13H17N5O2/c1-19-12-3-2-10(14)6-11(12)13-15-16-17-18(13)7-9-4-5-20-8-9/h2-3,6,9H,4-5,7-8,14H2,1H3. The highest BCUT2D eigenvalue weighted by Crippen LogP contribution is 2.30. The van der Waals surface area contributed by atoms with Crippen molar-refractivity contribution in [3.05, 3.63) is 18.2 Å². The van der Waals surface area contributed by atoms with E-state index in [-0.39, 0.29) is 0 Å². The van der Waals surface area contributed by atoms with Crippen LogP contribution in [0.5, 0.6) is 5.75 Å². The molecule has 0 spiro atoms. The summed E-state index contributed by atoms with van der Waals surface area (Å²) in [5, 5.41) is 11.9. The molecule has 1 fully saturated rings. The number of hydrogen-bond acceptors (Lipinski definition) is 6. The van der Waals surface area contributed by atoms with Gasteiger partial charge in [0.25, 0.3) is 0 Å². The lowest BCUT2D eigenvalue weighted by atomic mass is 10.1. The Hall–Kier alpha value is -2.15. The first-order valence-electron chi connectivity index (χ1n) is 6.55. The Balaban J connectivity index is 1.94. The Morgan fingerprint density at radius 3 is 3.15 bits per heavy atom. The highest BCUT2D eigenvalue weighted by atomic mass is 16.5. The number of benzene rings is 1. The summed E-state index contributed by atoms with van der Waals surface area (Å²) in [6.45, 7) is 2.30. The molecular formula is C13H17N5O2. The van der Waals surface area contributed by atoms with Crippen molar-refractivity contribution >= 4 is 5.69 Å². The first kappa shape index (κ1) is 12.9. The van der Waals surface area contributed by atoms with Crippen molar-refractivity contribution in [1.82, 2.24) is 20.2 Å². The first-order valence-corrected chi connectivity index (χ1v) is 6.55. The Morgan fingerprint density at radius 2 is 2.40 bits per heavy atom. The number of ether oxygens (including phenoxy) is 2. The maximum Gasteiger partial charge on any atom is 0.185 e. The average Bonchev–Trinajstić information content (AvgIpc) is 3.11. The van der Waals surface area contributed by atoms with Gasteiger partial charge in [-0.25, -0.2) is 4.68 Å². The average molecular weight is 275 g/mol. The van der Waals surface area contributed by atoms with E-state index >= 15 is 0 Å². The van der Waals surface area contributed by atoms with Crippen molar-refractivity contribution in [3.63, 3.8) is 0 Å². The molecule has 1 aromatic heterocycles. The second-order valence-electron chi connectivity index (χ2n) is 4.87. The molecule has 7 nitrogen and oxygen atoms in total. The van der Waals surface area contributed by atoms with Gasteiger partial charge >= 0.3 is 0 Å². The van der Waals surface area contributed by atoms with E-state index in [9.17, 15) is 0 Å². The third-order valence-corrected chi connectivity index (χ3v) is 3.45. The molecule has 20 heavy (non-hydrogen) atoms. The highest BCUT2D eigenvalue weighted by Gasteiger charge is 2.20. The molecule has 1 aromatic carbocycles. The van der Waals surface area contributed by atoms with Gasteiger partial charge in [0, 0.05) is 18.2 Å². The van der Waals surface area contributed by atoms with Crippen LogP contribution in [0.4, 0.5) is 5.69 Å². The minimum atomic E-state index is 0.448. The van der Waals surface area contributed by atoms with Gasteiger partial charge in [-0.3, -0.25) is 0 Å². The molecule has 1 aliphatic heterocycles. The first-order chi connectivity index (χ1) is 9.78. The fourth-order valence-electron chi connectivity index (χ4n) is 2.39. The topological polar surface area (TPSA) is 88.1 Å². The Morgan fingerprint density at radius 1 is 1.50 bits per heavy atom. The number of nitrogens with two attached hydrogens (primary N) is 1. The molecule has 2 N–H and O–H groups in total. The Kier molecular flexibility index (Phi) is 3.51. The number of nitrogens with zero attached hydrogens (tertiary/aromatic N) is 4. The van der Waals surface area contributed by atoms with Crippen LogP contribution in [0.3, 0.4) is 0 Å². The summed E-state index contributed by atoms with van der Waals surface area (Å²) in [6, 6.07) is 5.44. The lowest BCUT2D eigenvalue weighted by molar-refractivity contribution is 0.181. The predicted molar refractivity (Wildman–Crippen MR) is 73.1 cm³/mol. The molecule has 1 atom stereocenters. The maximum atomic E-state index is 5.85. The zero-order valence-corrected chi connectivity index (χ0v) is 11.3. The van der Waals surface area contributed by atoms with Crippen molar-refractivity contribution in [3.8, 4) is 17.1 Å². The van der Waals surface area contributed by atoms with E-state index in [1.807, 2.05) is 12.1 Å². The minimum absolute atomic E-state index is 0.448. The molecule has 0 radical (unpaired) electrons. The molecule has 0 aliphatic carbocycles. The lowest BCUT2D eigenvalue weighted by Gasteiger charge is -2.11. The molecule has 7 heteroatoms. The summed E-state index contributed by atoms with van der Waals surface area (Å²) in [7, 11) is 1.62. The summed E-state index contributed by atoms with van der Waals surface area (Å²) in [6.07, 6.45) is 1.04. The van der Waals surface area contributed by atoms with Gasteiger partial charge in [0.2, 0.25) is 0 Å². The number of anilines is 1. The second kappa shape index (κ2) is 5.46. The SMILES string of the molecule is COc1ccc(N)cc1-c1nnnn1CC1CCOC1. The van der Waals surface area contributed by atoms with Gasteiger partial charge in [-0.05, 0) is 35.0 Å². The van der Waals surface area contributed by atoms with Crippen LogP contribution < -0.4 is 10.5 Å². The minimum Gasteiger partial charge on any atom is -0.496 e. The van der Waals surface area contributed by atoms with E-state index in [1.54, 1.807) is 17.9 Å². The van der Waals surface area contributed by atoms with E-state index in [0.29, 0.717) is 23.2 Å². The lowest BCUT2D eigenvalue weighted by Crippen LogP contribution is -2.13. The molecule has 0 saturated carbocycles. The summed E-state index contributed by atoms with van der Waals surface area (Å²) in [5.41, 5.74) is 7.30. The molecule has 2 heterocycles. The molecule has 1 aliphatic rings. The molecular weight excluding hydrogens is 258 g/mol. The van der Waals surface area contributed by atoms with E-state index in [4.69, 9.17) is 15.2 Å².